The highest BCUT2D eigenvalue weighted by molar-refractivity contribution is 5.70. The van der Waals surface area contributed by atoms with E-state index in [9.17, 15) is 0 Å². The molecule has 0 bridgehead atoms. The van der Waals surface area contributed by atoms with Gasteiger partial charge in [0.1, 0.15) is 5.75 Å². The third kappa shape index (κ3) is 2.34. The largest absolute Gasteiger partial charge is 0.496 e. The summed E-state index contributed by atoms with van der Waals surface area (Å²) in [6, 6.07) is 22.1. The van der Waals surface area contributed by atoms with Crippen molar-refractivity contribution in [1.29, 1.82) is 0 Å². The summed E-state index contributed by atoms with van der Waals surface area (Å²) >= 11 is 0. The second-order valence-electron chi connectivity index (χ2n) is 5.24. The molecule has 0 aliphatic carbocycles. The van der Waals surface area contributed by atoms with Crippen LogP contribution < -0.4 is 4.74 Å². The van der Waals surface area contributed by atoms with Gasteiger partial charge in [-0.3, -0.25) is 4.40 Å². The summed E-state index contributed by atoms with van der Waals surface area (Å²) in [6.07, 6.45) is 2.06. The summed E-state index contributed by atoms with van der Waals surface area (Å²) < 4.78 is 7.45. The van der Waals surface area contributed by atoms with Crippen molar-refractivity contribution in [1.82, 2.24) is 14.6 Å². The van der Waals surface area contributed by atoms with E-state index >= 15 is 0 Å². The average molecular weight is 301 g/mol. The van der Waals surface area contributed by atoms with Crippen LogP contribution >= 0.6 is 0 Å². The summed E-state index contributed by atoms with van der Waals surface area (Å²) in [5.41, 5.74) is 4.02. The molecule has 0 saturated carbocycles. The summed E-state index contributed by atoms with van der Waals surface area (Å²) in [5, 5.41) is 8.60. The molecule has 112 valence electrons. The van der Waals surface area contributed by atoms with E-state index in [0.717, 1.165) is 33.9 Å². The second kappa shape index (κ2) is 5.57. The lowest BCUT2D eigenvalue weighted by atomic mass is 10.1. The number of nitrogens with zero attached hydrogens (tertiary/aromatic N) is 3. The zero-order valence-corrected chi connectivity index (χ0v) is 12.7. The third-order valence-electron chi connectivity index (χ3n) is 3.86. The van der Waals surface area contributed by atoms with Crippen molar-refractivity contribution in [2.45, 2.75) is 0 Å². The van der Waals surface area contributed by atoms with Gasteiger partial charge in [0.25, 0.3) is 0 Å². The number of fused-ring (bicyclic) bond motifs is 1. The fourth-order valence-electron chi connectivity index (χ4n) is 2.71. The van der Waals surface area contributed by atoms with Crippen LogP contribution in [-0.4, -0.2) is 21.7 Å². The predicted octanol–water partition coefficient (Wildman–Crippen LogP) is 4.07. The lowest BCUT2D eigenvalue weighted by Gasteiger charge is -2.07. The fraction of sp³-hybridized carbons (Fsp3) is 0.0526. The molecule has 0 amide bonds. The third-order valence-corrected chi connectivity index (χ3v) is 3.86. The van der Waals surface area contributed by atoms with Gasteiger partial charge in [0.15, 0.2) is 11.5 Å². The van der Waals surface area contributed by atoms with Crippen LogP contribution in [0, 0.1) is 0 Å². The zero-order chi connectivity index (χ0) is 15.6. The standard InChI is InChI=1S/C19H15N3O/c1-23-17-10-6-5-9-16(17)19-21-20-18-12-11-15(13-22(18)19)14-7-3-2-4-8-14/h2-13H,1H3. The smallest absolute Gasteiger partial charge is 0.172 e. The Balaban J connectivity index is 1.92. The van der Waals surface area contributed by atoms with E-state index in [1.165, 1.54) is 0 Å². The van der Waals surface area contributed by atoms with Crippen LogP contribution in [0.25, 0.3) is 28.2 Å². The average Bonchev–Trinajstić information content (AvgIpc) is 3.05. The molecule has 0 atom stereocenters. The fourth-order valence-corrected chi connectivity index (χ4v) is 2.71. The maximum Gasteiger partial charge on any atom is 0.172 e. The first kappa shape index (κ1) is 13.5. The molecule has 4 aromatic rings. The van der Waals surface area contributed by atoms with Gasteiger partial charge < -0.3 is 4.74 Å². The van der Waals surface area contributed by atoms with Crippen LogP contribution in [0.1, 0.15) is 0 Å². The maximum absolute atomic E-state index is 5.45. The Morgan fingerprint density at radius 2 is 1.57 bits per heavy atom. The van der Waals surface area contributed by atoms with E-state index in [0.29, 0.717) is 0 Å². The van der Waals surface area contributed by atoms with Crippen molar-refractivity contribution in [2.75, 3.05) is 7.11 Å². The predicted molar refractivity (Wildman–Crippen MR) is 90.4 cm³/mol. The van der Waals surface area contributed by atoms with Crippen LogP contribution in [0.15, 0.2) is 72.9 Å². The van der Waals surface area contributed by atoms with Crippen LogP contribution in [0.2, 0.25) is 0 Å². The summed E-state index contributed by atoms with van der Waals surface area (Å²) in [7, 11) is 1.66. The van der Waals surface area contributed by atoms with Crippen molar-refractivity contribution >= 4 is 5.65 Å². The Bertz CT molecular complexity index is 961. The monoisotopic (exact) mass is 301 g/mol. The van der Waals surface area contributed by atoms with Crippen molar-refractivity contribution in [3.63, 3.8) is 0 Å². The molecule has 0 radical (unpaired) electrons. The molecule has 0 aliphatic heterocycles. The first-order chi connectivity index (χ1) is 11.4. The Morgan fingerprint density at radius 3 is 2.39 bits per heavy atom. The first-order valence-electron chi connectivity index (χ1n) is 7.40. The topological polar surface area (TPSA) is 39.4 Å². The van der Waals surface area contributed by atoms with Crippen molar-refractivity contribution in [3.8, 4) is 28.3 Å². The number of methoxy groups -OCH3 is 1. The first-order valence-corrected chi connectivity index (χ1v) is 7.40. The number of ether oxygens (including phenoxy) is 1. The quantitative estimate of drug-likeness (QED) is 0.572. The molecular weight excluding hydrogens is 286 g/mol. The van der Waals surface area contributed by atoms with E-state index in [1.54, 1.807) is 7.11 Å². The summed E-state index contributed by atoms with van der Waals surface area (Å²) in [4.78, 5) is 0. The highest BCUT2D eigenvalue weighted by Gasteiger charge is 2.13. The summed E-state index contributed by atoms with van der Waals surface area (Å²) in [5.74, 6) is 1.56. The number of para-hydroxylation sites is 1. The minimum absolute atomic E-state index is 0.773. The number of aromatic nitrogens is 3. The van der Waals surface area contributed by atoms with Gasteiger partial charge in [0.05, 0.1) is 12.7 Å². The van der Waals surface area contributed by atoms with Gasteiger partial charge in [-0.15, -0.1) is 10.2 Å². The van der Waals surface area contributed by atoms with E-state index in [-0.39, 0.29) is 0 Å². The molecule has 0 saturated heterocycles. The van der Waals surface area contributed by atoms with Gasteiger partial charge >= 0.3 is 0 Å². The highest BCUT2D eigenvalue weighted by Crippen LogP contribution is 2.29. The molecule has 0 spiro atoms. The normalized spacial score (nSPS) is 10.8. The highest BCUT2D eigenvalue weighted by atomic mass is 16.5. The lowest BCUT2D eigenvalue weighted by molar-refractivity contribution is 0.416. The summed E-state index contributed by atoms with van der Waals surface area (Å²) in [6.45, 7) is 0. The Hall–Kier alpha value is -3.14. The molecule has 0 fully saturated rings. The van der Waals surface area contributed by atoms with Crippen LogP contribution in [0.4, 0.5) is 0 Å². The van der Waals surface area contributed by atoms with E-state index in [2.05, 4.69) is 34.6 Å². The van der Waals surface area contributed by atoms with Crippen LogP contribution in [-0.2, 0) is 0 Å². The van der Waals surface area contributed by atoms with Crippen LogP contribution in [0.5, 0.6) is 5.75 Å². The van der Waals surface area contributed by atoms with Gasteiger partial charge in [-0.2, -0.15) is 0 Å². The minimum atomic E-state index is 0.773. The van der Waals surface area contributed by atoms with Crippen molar-refractivity contribution < 1.29 is 4.74 Å². The Morgan fingerprint density at radius 1 is 0.783 bits per heavy atom. The molecule has 23 heavy (non-hydrogen) atoms. The van der Waals surface area contributed by atoms with Gasteiger partial charge in [0.2, 0.25) is 0 Å². The number of hydrogen-bond acceptors (Lipinski definition) is 3. The van der Waals surface area contributed by atoms with Gasteiger partial charge in [0, 0.05) is 6.20 Å². The molecular formula is C19H15N3O. The molecule has 4 heteroatoms. The van der Waals surface area contributed by atoms with Gasteiger partial charge in [-0.1, -0.05) is 42.5 Å². The van der Waals surface area contributed by atoms with Crippen LogP contribution in [0.3, 0.4) is 0 Å². The molecule has 0 aliphatic rings. The number of pyridine rings is 1. The molecule has 2 aromatic heterocycles. The molecule has 4 nitrogen and oxygen atoms in total. The second-order valence-corrected chi connectivity index (χ2v) is 5.24. The molecule has 2 aromatic carbocycles. The maximum atomic E-state index is 5.45. The molecule has 0 N–H and O–H groups in total. The molecule has 0 unspecified atom stereocenters. The molecule has 2 heterocycles. The Kier molecular flexibility index (Phi) is 3.27. The number of benzene rings is 2. The zero-order valence-electron chi connectivity index (χ0n) is 12.7. The minimum Gasteiger partial charge on any atom is -0.496 e. The SMILES string of the molecule is COc1ccccc1-c1nnc2ccc(-c3ccccc3)cn12. The van der Waals surface area contributed by atoms with Gasteiger partial charge in [-0.05, 0) is 35.4 Å². The van der Waals surface area contributed by atoms with Crippen molar-refractivity contribution in [3.05, 3.63) is 72.9 Å². The number of hydrogen-bond donors (Lipinski definition) is 0. The van der Waals surface area contributed by atoms with Gasteiger partial charge in [-0.25, -0.2) is 0 Å². The lowest BCUT2D eigenvalue weighted by Crippen LogP contribution is -1.93. The van der Waals surface area contributed by atoms with E-state index in [4.69, 9.17) is 4.74 Å². The Labute approximate surface area is 134 Å². The van der Waals surface area contributed by atoms with Crippen molar-refractivity contribution in [2.24, 2.45) is 0 Å². The van der Waals surface area contributed by atoms with E-state index in [1.807, 2.05) is 52.9 Å². The number of rotatable bonds is 3. The van der Waals surface area contributed by atoms with E-state index < -0.39 is 0 Å². The molecule has 4 rings (SSSR count).